The van der Waals surface area contributed by atoms with Crippen molar-refractivity contribution in [1.82, 2.24) is 24.3 Å². The van der Waals surface area contributed by atoms with Crippen LogP contribution in [-0.2, 0) is 0 Å². The molecule has 28 heavy (non-hydrogen) atoms. The van der Waals surface area contributed by atoms with E-state index in [-0.39, 0.29) is 23.5 Å². The van der Waals surface area contributed by atoms with E-state index in [0.717, 1.165) is 24.4 Å². The van der Waals surface area contributed by atoms with Gasteiger partial charge in [0.05, 0.1) is 19.9 Å². The third kappa shape index (κ3) is 3.19. The molecule has 1 amide bonds. The predicted molar refractivity (Wildman–Crippen MR) is 106 cm³/mol. The third-order valence-electron chi connectivity index (χ3n) is 5.11. The van der Waals surface area contributed by atoms with Crippen molar-refractivity contribution < 1.29 is 14.3 Å². The molecule has 1 aliphatic rings. The van der Waals surface area contributed by atoms with Gasteiger partial charge in [0.25, 0.3) is 5.91 Å². The minimum absolute atomic E-state index is 0.122. The van der Waals surface area contributed by atoms with Crippen LogP contribution in [0.2, 0.25) is 0 Å². The first-order chi connectivity index (χ1) is 13.5. The van der Waals surface area contributed by atoms with Crippen LogP contribution in [0, 0.1) is 13.8 Å². The lowest BCUT2D eigenvalue weighted by Gasteiger charge is -2.31. The summed E-state index contributed by atoms with van der Waals surface area (Å²) in [7, 11) is 2.97. The van der Waals surface area contributed by atoms with E-state index in [9.17, 15) is 4.79 Å². The fourth-order valence-electron chi connectivity index (χ4n) is 3.78. The Labute approximate surface area is 167 Å². The number of nitrogens with zero attached hydrogens (tertiary/aromatic N) is 5. The molecular formula is C19H23N5O3S. The second kappa shape index (κ2) is 7.38. The summed E-state index contributed by atoms with van der Waals surface area (Å²) >= 11 is 1.71. The van der Waals surface area contributed by atoms with Gasteiger partial charge in [0.2, 0.25) is 5.88 Å². The summed E-state index contributed by atoms with van der Waals surface area (Å²) in [5.74, 6) is 1.38. The molecular weight excluding hydrogens is 378 g/mol. The maximum atomic E-state index is 13.1. The molecule has 3 aromatic heterocycles. The first-order valence-electron chi connectivity index (χ1n) is 9.21. The van der Waals surface area contributed by atoms with E-state index < -0.39 is 0 Å². The molecule has 1 atom stereocenters. The minimum Gasteiger partial charge on any atom is -0.481 e. The maximum absolute atomic E-state index is 13.1. The Morgan fingerprint density at radius 3 is 2.79 bits per heavy atom. The molecule has 4 rings (SSSR count). The van der Waals surface area contributed by atoms with Crippen LogP contribution >= 0.6 is 11.3 Å². The Hall–Kier alpha value is -2.68. The minimum atomic E-state index is -0.141. The summed E-state index contributed by atoms with van der Waals surface area (Å²) in [6, 6.07) is 1.67. The molecule has 0 bridgehead atoms. The Bertz CT molecular complexity index is 1010. The molecule has 3 aromatic rings. The number of piperidine rings is 1. The quantitative estimate of drug-likeness (QED) is 0.669. The lowest BCUT2D eigenvalue weighted by atomic mass is 9.95. The average molecular weight is 401 g/mol. The summed E-state index contributed by atoms with van der Waals surface area (Å²) < 4.78 is 12.5. The molecule has 0 aromatic carbocycles. The Morgan fingerprint density at radius 2 is 2.04 bits per heavy atom. The first kappa shape index (κ1) is 18.7. The van der Waals surface area contributed by atoms with Crippen molar-refractivity contribution in [3.05, 3.63) is 34.4 Å². The molecule has 1 fully saturated rings. The van der Waals surface area contributed by atoms with Gasteiger partial charge in [-0.2, -0.15) is 9.97 Å². The molecule has 0 unspecified atom stereocenters. The maximum Gasteiger partial charge on any atom is 0.320 e. The summed E-state index contributed by atoms with van der Waals surface area (Å²) in [5.41, 5.74) is 2.56. The molecule has 0 spiro atoms. The van der Waals surface area contributed by atoms with Gasteiger partial charge in [-0.25, -0.2) is 4.98 Å². The van der Waals surface area contributed by atoms with Crippen LogP contribution in [0.15, 0.2) is 11.4 Å². The number of hydrogen-bond donors (Lipinski definition) is 0. The van der Waals surface area contributed by atoms with Crippen molar-refractivity contribution in [2.75, 3.05) is 27.3 Å². The van der Waals surface area contributed by atoms with Crippen LogP contribution in [-0.4, -0.2) is 57.5 Å². The van der Waals surface area contributed by atoms with E-state index >= 15 is 0 Å². The van der Waals surface area contributed by atoms with Crippen molar-refractivity contribution in [2.45, 2.75) is 32.6 Å². The number of fused-ring (bicyclic) bond motifs is 1. The highest BCUT2D eigenvalue weighted by atomic mass is 32.1. The van der Waals surface area contributed by atoms with Crippen LogP contribution in [0.4, 0.5) is 0 Å². The number of methoxy groups -OCH3 is 2. The number of carbonyl (C=O) groups is 1. The number of carbonyl (C=O) groups excluding carboxylic acids is 1. The summed E-state index contributed by atoms with van der Waals surface area (Å²) in [4.78, 5) is 29.2. The zero-order chi connectivity index (χ0) is 19.8. The van der Waals surface area contributed by atoms with E-state index in [1.807, 2.05) is 11.8 Å². The lowest BCUT2D eigenvalue weighted by Crippen LogP contribution is -2.39. The monoisotopic (exact) mass is 401 g/mol. The smallest absolute Gasteiger partial charge is 0.320 e. The van der Waals surface area contributed by atoms with Gasteiger partial charge in [0.15, 0.2) is 0 Å². The zero-order valence-electron chi connectivity index (χ0n) is 16.4. The molecule has 148 valence electrons. The fraction of sp³-hybridized carbons (Fsp3) is 0.474. The van der Waals surface area contributed by atoms with Crippen molar-refractivity contribution in [3.8, 4) is 11.9 Å². The van der Waals surface area contributed by atoms with Crippen molar-refractivity contribution >= 4 is 22.1 Å². The van der Waals surface area contributed by atoms with E-state index in [0.29, 0.717) is 19.0 Å². The molecule has 1 saturated heterocycles. The van der Waals surface area contributed by atoms with Gasteiger partial charge in [0.1, 0.15) is 16.3 Å². The number of hydrogen-bond acceptors (Lipinski definition) is 7. The van der Waals surface area contributed by atoms with E-state index in [2.05, 4.69) is 26.7 Å². The molecule has 4 heterocycles. The molecule has 0 aliphatic carbocycles. The van der Waals surface area contributed by atoms with E-state index in [4.69, 9.17) is 14.5 Å². The predicted octanol–water partition coefficient (Wildman–Crippen LogP) is 2.84. The van der Waals surface area contributed by atoms with Gasteiger partial charge >= 0.3 is 6.01 Å². The third-order valence-corrected chi connectivity index (χ3v) is 6.18. The number of amides is 1. The van der Waals surface area contributed by atoms with Crippen molar-refractivity contribution in [2.24, 2.45) is 0 Å². The number of ether oxygens (including phenoxy) is 2. The standard InChI is InChI=1S/C19H23N5O3S/c1-11-10-28-18-16(20-12(2)24(11)18)13-6-5-7-23(9-13)17(25)14-8-15(26-3)22-19(21-14)27-4/h8,10,13H,5-7,9H2,1-4H3/t13-/m0/s1. The van der Waals surface area contributed by atoms with Crippen molar-refractivity contribution in [1.29, 1.82) is 0 Å². The molecule has 0 saturated carbocycles. The van der Waals surface area contributed by atoms with Gasteiger partial charge in [-0.05, 0) is 26.7 Å². The summed E-state index contributed by atoms with van der Waals surface area (Å²) in [6.45, 7) is 5.44. The molecule has 0 radical (unpaired) electrons. The Balaban J connectivity index is 1.61. The van der Waals surface area contributed by atoms with Gasteiger partial charge < -0.3 is 14.4 Å². The number of thiazole rings is 1. The molecule has 1 aliphatic heterocycles. The Morgan fingerprint density at radius 1 is 1.21 bits per heavy atom. The zero-order valence-corrected chi connectivity index (χ0v) is 17.2. The second-order valence-corrected chi connectivity index (χ2v) is 7.79. The molecule has 9 heteroatoms. The molecule has 0 N–H and O–H groups in total. The summed E-state index contributed by atoms with van der Waals surface area (Å²) in [5, 5.41) is 2.15. The van der Waals surface area contributed by atoms with E-state index in [1.165, 1.54) is 24.7 Å². The summed E-state index contributed by atoms with van der Waals surface area (Å²) in [6.07, 6.45) is 1.95. The van der Waals surface area contributed by atoms with Crippen molar-refractivity contribution in [3.63, 3.8) is 0 Å². The number of likely N-dealkylation sites (tertiary alicyclic amines) is 1. The largest absolute Gasteiger partial charge is 0.481 e. The fourth-order valence-corrected chi connectivity index (χ4v) is 4.88. The number of aromatic nitrogens is 4. The van der Waals surface area contributed by atoms with Gasteiger partial charge in [-0.15, -0.1) is 11.3 Å². The molecule has 8 nitrogen and oxygen atoms in total. The van der Waals surface area contributed by atoms with Crippen LogP contribution in [0.1, 0.15) is 46.5 Å². The normalized spacial score (nSPS) is 17.1. The highest BCUT2D eigenvalue weighted by Crippen LogP contribution is 2.33. The number of rotatable bonds is 4. The average Bonchev–Trinajstić information content (AvgIpc) is 3.27. The Kier molecular flexibility index (Phi) is 4.92. The highest BCUT2D eigenvalue weighted by Gasteiger charge is 2.30. The number of aryl methyl sites for hydroxylation is 2. The highest BCUT2D eigenvalue weighted by molar-refractivity contribution is 7.15. The van der Waals surface area contributed by atoms with Crippen LogP contribution in [0.3, 0.4) is 0 Å². The first-order valence-corrected chi connectivity index (χ1v) is 10.1. The van der Waals surface area contributed by atoms with Gasteiger partial charge in [-0.3, -0.25) is 9.20 Å². The second-order valence-electron chi connectivity index (χ2n) is 6.93. The van der Waals surface area contributed by atoms with E-state index in [1.54, 1.807) is 17.4 Å². The van der Waals surface area contributed by atoms with Gasteiger partial charge in [0, 0.05) is 36.1 Å². The SMILES string of the molecule is COc1cc(C(=O)N2CCC[C@H](c3nc(C)n4c(C)csc34)C2)nc(OC)n1. The topological polar surface area (TPSA) is 81.9 Å². The van der Waals surface area contributed by atoms with Gasteiger partial charge in [-0.1, -0.05) is 0 Å². The lowest BCUT2D eigenvalue weighted by molar-refractivity contribution is 0.0698. The number of imidazole rings is 1. The van der Waals surface area contributed by atoms with Crippen LogP contribution < -0.4 is 9.47 Å². The van der Waals surface area contributed by atoms with Crippen LogP contribution in [0.5, 0.6) is 11.9 Å². The van der Waals surface area contributed by atoms with Crippen LogP contribution in [0.25, 0.3) is 4.83 Å².